The summed E-state index contributed by atoms with van der Waals surface area (Å²) >= 11 is 0. The molecule has 17 heavy (non-hydrogen) atoms. The van der Waals surface area contributed by atoms with E-state index < -0.39 is 21.6 Å². The van der Waals surface area contributed by atoms with Crippen molar-refractivity contribution in [2.45, 2.75) is 45.6 Å². The third-order valence-electron chi connectivity index (χ3n) is 3.01. The van der Waals surface area contributed by atoms with Gasteiger partial charge in [0.2, 0.25) is 0 Å². The van der Waals surface area contributed by atoms with Crippen molar-refractivity contribution in [1.29, 1.82) is 0 Å². The van der Waals surface area contributed by atoms with Crippen molar-refractivity contribution in [2.24, 2.45) is 5.41 Å². The topological polar surface area (TPSA) is 69.7 Å². The Hall–Kier alpha value is -0.620. The van der Waals surface area contributed by atoms with Gasteiger partial charge in [0.15, 0.2) is 0 Å². The zero-order chi connectivity index (χ0) is 13.1. The first kappa shape index (κ1) is 14.4. The summed E-state index contributed by atoms with van der Waals surface area (Å²) < 4.78 is 32.1. The Morgan fingerprint density at radius 1 is 1.47 bits per heavy atom. The van der Waals surface area contributed by atoms with Crippen molar-refractivity contribution in [3.05, 3.63) is 0 Å². The van der Waals surface area contributed by atoms with Crippen LogP contribution < -0.4 is 0 Å². The minimum atomic E-state index is -3.46. The maximum atomic E-state index is 11.8. The summed E-state index contributed by atoms with van der Waals surface area (Å²) in [7, 11) is -3.46. The van der Waals surface area contributed by atoms with Crippen LogP contribution in [0.3, 0.4) is 0 Å². The second kappa shape index (κ2) is 5.35. The molecule has 0 aliphatic heterocycles. The third kappa shape index (κ3) is 4.27. The van der Waals surface area contributed by atoms with Gasteiger partial charge in [-0.15, -0.1) is 0 Å². The van der Waals surface area contributed by atoms with E-state index in [0.717, 1.165) is 19.1 Å². The normalized spacial score (nSPS) is 29.9. The monoisotopic (exact) mass is 264 g/mol. The number of carbonyl (C=O) groups excluding carboxylic acids is 1. The molecule has 1 aliphatic rings. The number of carbonyl (C=O) groups is 1. The van der Waals surface area contributed by atoms with Crippen LogP contribution in [-0.2, 0) is 23.8 Å². The van der Waals surface area contributed by atoms with E-state index >= 15 is 0 Å². The lowest BCUT2D eigenvalue weighted by Crippen LogP contribution is -2.38. The average Bonchev–Trinajstić information content (AvgIpc) is 2.15. The predicted molar refractivity (Wildman–Crippen MR) is 62.9 cm³/mol. The van der Waals surface area contributed by atoms with Crippen molar-refractivity contribution in [2.75, 3.05) is 12.9 Å². The zero-order valence-electron chi connectivity index (χ0n) is 10.6. The van der Waals surface area contributed by atoms with Crippen LogP contribution in [0.2, 0.25) is 0 Å². The molecule has 1 rings (SSSR count). The van der Waals surface area contributed by atoms with Gasteiger partial charge in [0.25, 0.3) is 10.1 Å². The van der Waals surface area contributed by atoms with Crippen molar-refractivity contribution in [3.8, 4) is 0 Å². The smallest absolute Gasteiger partial charge is 0.311 e. The Morgan fingerprint density at radius 2 is 2.12 bits per heavy atom. The molecular formula is C11H20O5S. The van der Waals surface area contributed by atoms with Crippen LogP contribution in [0.1, 0.15) is 39.5 Å². The minimum Gasteiger partial charge on any atom is -0.466 e. The average molecular weight is 264 g/mol. The van der Waals surface area contributed by atoms with E-state index in [-0.39, 0.29) is 5.97 Å². The van der Waals surface area contributed by atoms with E-state index in [4.69, 9.17) is 8.92 Å². The number of ether oxygens (including phenoxy) is 1. The van der Waals surface area contributed by atoms with Gasteiger partial charge in [-0.2, -0.15) is 8.42 Å². The molecule has 1 saturated carbocycles. The van der Waals surface area contributed by atoms with E-state index in [9.17, 15) is 13.2 Å². The first-order valence-corrected chi connectivity index (χ1v) is 7.64. The molecule has 1 aliphatic carbocycles. The van der Waals surface area contributed by atoms with Crippen LogP contribution >= 0.6 is 0 Å². The van der Waals surface area contributed by atoms with Crippen LogP contribution in [0.15, 0.2) is 0 Å². The number of rotatable bonds is 4. The van der Waals surface area contributed by atoms with Crippen molar-refractivity contribution >= 4 is 16.1 Å². The Kier molecular flexibility index (Phi) is 4.55. The van der Waals surface area contributed by atoms with Crippen LogP contribution in [0, 0.1) is 5.41 Å². The maximum absolute atomic E-state index is 11.8. The van der Waals surface area contributed by atoms with E-state index in [1.807, 2.05) is 6.92 Å². The molecule has 0 aromatic carbocycles. The number of esters is 1. The fourth-order valence-corrected chi connectivity index (χ4v) is 2.91. The fraction of sp³-hybridized carbons (Fsp3) is 0.909. The van der Waals surface area contributed by atoms with Gasteiger partial charge in [-0.3, -0.25) is 8.98 Å². The van der Waals surface area contributed by atoms with E-state index in [2.05, 4.69) is 0 Å². The molecule has 2 unspecified atom stereocenters. The van der Waals surface area contributed by atoms with Crippen LogP contribution in [0.5, 0.6) is 0 Å². The van der Waals surface area contributed by atoms with E-state index in [1.165, 1.54) is 0 Å². The molecule has 100 valence electrons. The summed E-state index contributed by atoms with van der Waals surface area (Å²) in [5.74, 6) is -0.262. The SMILES string of the molecule is CCOC(=O)C1(C)CCCC(OS(C)(=O)=O)C1. The highest BCUT2D eigenvalue weighted by molar-refractivity contribution is 7.86. The van der Waals surface area contributed by atoms with Gasteiger partial charge in [0.05, 0.1) is 24.4 Å². The van der Waals surface area contributed by atoms with Gasteiger partial charge in [0, 0.05) is 0 Å². The summed E-state index contributed by atoms with van der Waals surface area (Å²) in [6.45, 7) is 3.91. The Morgan fingerprint density at radius 3 is 2.65 bits per heavy atom. The fourth-order valence-electron chi connectivity index (χ4n) is 2.25. The van der Waals surface area contributed by atoms with Crippen molar-refractivity contribution in [3.63, 3.8) is 0 Å². The quantitative estimate of drug-likeness (QED) is 0.568. The summed E-state index contributed by atoms with van der Waals surface area (Å²) in [4.78, 5) is 11.8. The molecule has 0 spiro atoms. The lowest BCUT2D eigenvalue weighted by Gasteiger charge is -2.35. The first-order chi connectivity index (χ1) is 7.77. The van der Waals surface area contributed by atoms with Crippen LogP contribution in [0.25, 0.3) is 0 Å². The molecule has 5 nitrogen and oxygen atoms in total. The highest BCUT2D eigenvalue weighted by atomic mass is 32.2. The number of hydrogen-bond acceptors (Lipinski definition) is 5. The predicted octanol–water partition coefficient (Wildman–Crippen LogP) is 1.47. The highest BCUT2D eigenvalue weighted by Crippen LogP contribution is 2.38. The maximum Gasteiger partial charge on any atom is 0.311 e. The summed E-state index contributed by atoms with van der Waals surface area (Å²) in [6, 6.07) is 0. The Bertz CT molecular complexity index is 375. The summed E-state index contributed by atoms with van der Waals surface area (Å²) in [5, 5.41) is 0. The molecule has 0 N–H and O–H groups in total. The van der Waals surface area contributed by atoms with Gasteiger partial charge >= 0.3 is 5.97 Å². The number of hydrogen-bond donors (Lipinski definition) is 0. The van der Waals surface area contributed by atoms with E-state index in [1.54, 1.807) is 6.92 Å². The lowest BCUT2D eigenvalue weighted by atomic mass is 9.74. The zero-order valence-corrected chi connectivity index (χ0v) is 11.4. The van der Waals surface area contributed by atoms with E-state index in [0.29, 0.717) is 19.4 Å². The molecule has 6 heteroatoms. The van der Waals surface area contributed by atoms with Crippen molar-refractivity contribution < 1.29 is 22.1 Å². The lowest BCUT2D eigenvalue weighted by molar-refractivity contribution is -0.158. The molecule has 0 aromatic rings. The standard InChI is InChI=1S/C11H20O5S/c1-4-15-10(12)11(2)7-5-6-9(8-11)16-17(3,13)14/h9H,4-8H2,1-3H3. The van der Waals surface area contributed by atoms with Crippen LogP contribution in [0.4, 0.5) is 0 Å². The van der Waals surface area contributed by atoms with Crippen molar-refractivity contribution in [1.82, 2.24) is 0 Å². The Balaban J connectivity index is 2.68. The van der Waals surface area contributed by atoms with Gasteiger partial charge in [-0.1, -0.05) is 0 Å². The van der Waals surface area contributed by atoms with Gasteiger partial charge in [-0.25, -0.2) is 0 Å². The molecule has 0 heterocycles. The van der Waals surface area contributed by atoms with Gasteiger partial charge in [0.1, 0.15) is 0 Å². The molecule has 2 atom stereocenters. The molecule has 0 saturated heterocycles. The molecule has 0 amide bonds. The second-order valence-electron chi connectivity index (χ2n) is 4.80. The largest absolute Gasteiger partial charge is 0.466 e. The summed E-state index contributed by atoms with van der Waals surface area (Å²) in [5.41, 5.74) is -0.621. The Labute approximate surface area is 103 Å². The molecule has 0 bridgehead atoms. The van der Waals surface area contributed by atoms with Crippen LogP contribution in [-0.4, -0.2) is 33.4 Å². The second-order valence-corrected chi connectivity index (χ2v) is 6.40. The molecule has 0 radical (unpaired) electrons. The third-order valence-corrected chi connectivity index (χ3v) is 3.63. The minimum absolute atomic E-state index is 0.262. The molecule has 0 aromatic heterocycles. The van der Waals surface area contributed by atoms with Gasteiger partial charge < -0.3 is 4.74 Å². The van der Waals surface area contributed by atoms with Gasteiger partial charge in [-0.05, 0) is 39.5 Å². The molecular weight excluding hydrogens is 244 g/mol. The highest BCUT2D eigenvalue weighted by Gasteiger charge is 2.41. The first-order valence-electron chi connectivity index (χ1n) is 5.82. The summed E-state index contributed by atoms with van der Waals surface area (Å²) in [6.07, 6.45) is 3.18. The molecule has 1 fully saturated rings.